The van der Waals surface area contributed by atoms with Gasteiger partial charge in [-0.3, -0.25) is 9.59 Å². The molecule has 0 bridgehead atoms. The number of rotatable bonds is 4. The fourth-order valence-electron chi connectivity index (χ4n) is 2.22. The zero-order chi connectivity index (χ0) is 13.8. The number of benzene rings is 1. The molecule has 0 fully saturated rings. The number of carbonyl (C=O) groups is 2. The maximum atomic E-state index is 11.7. The SMILES string of the molecule is NCC(=O)NCC(=O)N[C@@H]1c2ccccc2C[C@@H]1O. The second-order valence-electron chi connectivity index (χ2n) is 4.50. The third kappa shape index (κ3) is 3.10. The zero-order valence-electron chi connectivity index (χ0n) is 10.4. The molecule has 5 N–H and O–H groups in total. The smallest absolute Gasteiger partial charge is 0.239 e. The summed E-state index contributed by atoms with van der Waals surface area (Å²) < 4.78 is 0. The lowest BCUT2D eigenvalue weighted by atomic mass is 10.1. The van der Waals surface area contributed by atoms with Crippen LogP contribution in [0.3, 0.4) is 0 Å². The van der Waals surface area contributed by atoms with Crippen LogP contribution in [0.2, 0.25) is 0 Å². The van der Waals surface area contributed by atoms with Crippen LogP contribution in [0.25, 0.3) is 0 Å². The molecule has 0 radical (unpaired) electrons. The Morgan fingerprint density at radius 2 is 2.05 bits per heavy atom. The molecule has 1 aliphatic rings. The predicted octanol–water partition coefficient (Wildman–Crippen LogP) is -1.16. The quantitative estimate of drug-likeness (QED) is 0.549. The average Bonchev–Trinajstić information content (AvgIpc) is 2.72. The zero-order valence-corrected chi connectivity index (χ0v) is 10.4. The maximum Gasteiger partial charge on any atom is 0.239 e. The first-order valence-electron chi connectivity index (χ1n) is 6.14. The molecule has 102 valence electrons. The Morgan fingerprint density at radius 3 is 2.79 bits per heavy atom. The number of fused-ring (bicyclic) bond motifs is 1. The van der Waals surface area contributed by atoms with E-state index < -0.39 is 12.1 Å². The Bertz CT molecular complexity index is 490. The van der Waals surface area contributed by atoms with Gasteiger partial charge < -0.3 is 21.5 Å². The van der Waals surface area contributed by atoms with Crippen LogP contribution in [0.4, 0.5) is 0 Å². The lowest BCUT2D eigenvalue weighted by Crippen LogP contribution is -2.42. The van der Waals surface area contributed by atoms with E-state index in [9.17, 15) is 14.7 Å². The van der Waals surface area contributed by atoms with Gasteiger partial charge in [0.2, 0.25) is 11.8 Å². The summed E-state index contributed by atoms with van der Waals surface area (Å²) in [6.07, 6.45) is -0.109. The van der Waals surface area contributed by atoms with E-state index in [1.54, 1.807) is 0 Å². The van der Waals surface area contributed by atoms with Crippen molar-refractivity contribution in [1.82, 2.24) is 10.6 Å². The minimum absolute atomic E-state index is 0.137. The molecule has 2 rings (SSSR count). The number of amides is 2. The first-order chi connectivity index (χ1) is 9.11. The van der Waals surface area contributed by atoms with Crippen LogP contribution < -0.4 is 16.4 Å². The van der Waals surface area contributed by atoms with Gasteiger partial charge in [0.25, 0.3) is 0 Å². The largest absolute Gasteiger partial charge is 0.390 e. The number of carbonyl (C=O) groups excluding carboxylic acids is 2. The second kappa shape index (κ2) is 5.81. The summed E-state index contributed by atoms with van der Waals surface area (Å²) in [4.78, 5) is 22.6. The van der Waals surface area contributed by atoms with Gasteiger partial charge in [-0.2, -0.15) is 0 Å². The van der Waals surface area contributed by atoms with Crippen LogP contribution in [0.15, 0.2) is 24.3 Å². The van der Waals surface area contributed by atoms with Crippen molar-refractivity contribution in [3.05, 3.63) is 35.4 Å². The fourth-order valence-corrected chi connectivity index (χ4v) is 2.22. The van der Waals surface area contributed by atoms with Gasteiger partial charge in [-0.15, -0.1) is 0 Å². The van der Waals surface area contributed by atoms with Crippen molar-refractivity contribution in [2.45, 2.75) is 18.6 Å². The molecule has 0 saturated carbocycles. The minimum atomic E-state index is -0.633. The maximum absolute atomic E-state index is 11.7. The van der Waals surface area contributed by atoms with Gasteiger partial charge in [0.05, 0.1) is 25.2 Å². The molecule has 0 aliphatic heterocycles. The molecule has 2 atom stereocenters. The predicted molar refractivity (Wildman–Crippen MR) is 69.1 cm³/mol. The van der Waals surface area contributed by atoms with E-state index in [-0.39, 0.29) is 24.9 Å². The Kier molecular flexibility index (Phi) is 4.13. The highest BCUT2D eigenvalue weighted by Gasteiger charge is 2.31. The highest BCUT2D eigenvalue weighted by atomic mass is 16.3. The number of aliphatic hydroxyl groups is 1. The molecule has 0 saturated heterocycles. The molecule has 1 aliphatic carbocycles. The highest BCUT2D eigenvalue weighted by Crippen LogP contribution is 2.30. The molecule has 2 amide bonds. The Balaban J connectivity index is 1.96. The van der Waals surface area contributed by atoms with Crippen LogP contribution in [-0.4, -0.2) is 36.1 Å². The molecule has 0 heterocycles. The van der Waals surface area contributed by atoms with Crippen LogP contribution in [-0.2, 0) is 16.0 Å². The topological polar surface area (TPSA) is 104 Å². The van der Waals surface area contributed by atoms with Crippen LogP contribution in [0, 0.1) is 0 Å². The van der Waals surface area contributed by atoms with Crippen molar-refractivity contribution in [1.29, 1.82) is 0 Å². The molecule has 19 heavy (non-hydrogen) atoms. The van der Waals surface area contributed by atoms with E-state index in [1.165, 1.54) is 0 Å². The van der Waals surface area contributed by atoms with Gasteiger partial charge >= 0.3 is 0 Å². The van der Waals surface area contributed by atoms with Crippen molar-refractivity contribution in [2.24, 2.45) is 5.73 Å². The summed E-state index contributed by atoms with van der Waals surface area (Å²) >= 11 is 0. The molecular formula is C13H17N3O3. The van der Waals surface area contributed by atoms with E-state index in [4.69, 9.17) is 5.73 Å². The molecule has 0 spiro atoms. The monoisotopic (exact) mass is 263 g/mol. The average molecular weight is 263 g/mol. The van der Waals surface area contributed by atoms with E-state index in [2.05, 4.69) is 10.6 Å². The fraction of sp³-hybridized carbons (Fsp3) is 0.385. The number of hydrogen-bond acceptors (Lipinski definition) is 4. The van der Waals surface area contributed by atoms with E-state index in [1.807, 2.05) is 24.3 Å². The minimum Gasteiger partial charge on any atom is -0.390 e. The molecule has 0 unspecified atom stereocenters. The highest BCUT2D eigenvalue weighted by molar-refractivity contribution is 5.85. The first-order valence-corrected chi connectivity index (χ1v) is 6.14. The number of nitrogens with two attached hydrogens (primary N) is 1. The van der Waals surface area contributed by atoms with E-state index >= 15 is 0 Å². The van der Waals surface area contributed by atoms with Crippen LogP contribution >= 0.6 is 0 Å². The summed E-state index contributed by atoms with van der Waals surface area (Å²) in [6, 6.07) is 7.16. The lowest BCUT2D eigenvalue weighted by Gasteiger charge is -2.18. The van der Waals surface area contributed by atoms with Crippen LogP contribution in [0.1, 0.15) is 17.2 Å². The Labute approximate surface area is 111 Å². The van der Waals surface area contributed by atoms with Crippen molar-refractivity contribution in [3.8, 4) is 0 Å². The first kappa shape index (κ1) is 13.5. The molecule has 1 aromatic carbocycles. The molecule has 1 aromatic rings. The summed E-state index contributed by atoms with van der Waals surface area (Å²) in [6.45, 7) is -0.288. The van der Waals surface area contributed by atoms with Crippen molar-refractivity contribution in [2.75, 3.05) is 13.1 Å². The van der Waals surface area contributed by atoms with Crippen molar-refractivity contribution < 1.29 is 14.7 Å². The lowest BCUT2D eigenvalue weighted by molar-refractivity contribution is -0.126. The summed E-state index contributed by atoms with van der Waals surface area (Å²) in [5.41, 5.74) is 7.08. The van der Waals surface area contributed by atoms with E-state index in [0.29, 0.717) is 6.42 Å². The second-order valence-corrected chi connectivity index (χ2v) is 4.50. The Morgan fingerprint density at radius 1 is 1.32 bits per heavy atom. The van der Waals surface area contributed by atoms with Gasteiger partial charge in [0.15, 0.2) is 0 Å². The molecule has 0 aromatic heterocycles. The van der Waals surface area contributed by atoms with Gasteiger partial charge in [-0.05, 0) is 11.1 Å². The van der Waals surface area contributed by atoms with Crippen molar-refractivity contribution >= 4 is 11.8 Å². The molecule has 6 heteroatoms. The number of aliphatic hydroxyl groups excluding tert-OH is 1. The van der Waals surface area contributed by atoms with Crippen molar-refractivity contribution in [3.63, 3.8) is 0 Å². The third-order valence-electron chi connectivity index (χ3n) is 3.15. The van der Waals surface area contributed by atoms with Gasteiger partial charge in [-0.25, -0.2) is 0 Å². The Hall–Kier alpha value is -1.92. The summed E-state index contributed by atoms with van der Waals surface area (Å²) in [5.74, 6) is -0.731. The van der Waals surface area contributed by atoms with Gasteiger partial charge in [0.1, 0.15) is 0 Å². The molecule has 6 nitrogen and oxygen atoms in total. The number of nitrogens with one attached hydrogen (secondary N) is 2. The molecular weight excluding hydrogens is 246 g/mol. The van der Waals surface area contributed by atoms with E-state index in [0.717, 1.165) is 11.1 Å². The van der Waals surface area contributed by atoms with Gasteiger partial charge in [-0.1, -0.05) is 24.3 Å². The third-order valence-corrected chi connectivity index (χ3v) is 3.15. The van der Waals surface area contributed by atoms with Crippen LogP contribution in [0.5, 0.6) is 0 Å². The normalized spacial score (nSPS) is 20.7. The number of hydrogen-bond donors (Lipinski definition) is 4. The standard InChI is InChI=1S/C13H17N3O3/c14-6-11(18)15-7-12(19)16-13-9-4-2-1-3-8(9)5-10(13)17/h1-4,10,13,17H,5-7,14H2,(H,15,18)(H,16,19)/t10-,13+/m0/s1. The summed E-state index contributed by atoms with van der Waals surface area (Å²) in [5, 5.41) is 15.1. The van der Waals surface area contributed by atoms with Gasteiger partial charge in [0, 0.05) is 6.42 Å². The summed E-state index contributed by atoms with van der Waals surface area (Å²) in [7, 11) is 0.